The van der Waals surface area contributed by atoms with Gasteiger partial charge in [-0.3, -0.25) is 13.6 Å². The van der Waals surface area contributed by atoms with Crippen molar-refractivity contribution in [2.45, 2.75) is 23.9 Å². The fourth-order valence-corrected chi connectivity index (χ4v) is 2.10. The minimum absolute atomic E-state index is 0.173. The Labute approximate surface area is 104 Å². The number of thioether (sulfide) groups is 1. The van der Waals surface area contributed by atoms with Gasteiger partial charge in [-0.05, 0) is 6.92 Å². The maximum atomic E-state index is 11.4. The highest BCUT2D eigenvalue weighted by molar-refractivity contribution is 7.99. The predicted octanol–water partition coefficient (Wildman–Crippen LogP) is -0.485. The SMILES string of the molecule is CC(Cn1c(SCC(=O)O)n[nH]c1=O)S(C)=O. The van der Waals surface area contributed by atoms with Gasteiger partial charge in [-0.15, -0.1) is 5.10 Å². The maximum absolute atomic E-state index is 11.4. The Kier molecular flexibility index (Phi) is 4.94. The summed E-state index contributed by atoms with van der Waals surface area (Å²) in [6, 6.07) is 0. The van der Waals surface area contributed by atoms with Crippen LogP contribution < -0.4 is 5.69 Å². The molecule has 0 amide bonds. The van der Waals surface area contributed by atoms with Crippen molar-refractivity contribution in [3.8, 4) is 0 Å². The molecule has 0 aliphatic carbocycles. The molecular formula is C8H13N3O4S2. The molecule has 0 saturated heterocycles. The molecule has 1 aromatic heterocycles. The second-order valence-electron chi connectivity index (χ2n) is 3.41. The zero-order chi connectivity index (χ0) is 13.0. The molecule has 2 N–H and O–H groups in total. The Hall–Kier alpha value is -1.09. The van der Waals surface area contributed by atoms with Crippen LogP contribution in [0.3, 0.4) is 0 Å². The van der Waals surface area contributed by atoms with E-state index in [1.807, 2.05) is 0 Å². The van der Waals surface area contributed by atoms with Crippen molar-refractivity contribution in [3.63, 3.8) is 0 Å². The predicted molar refractivity (Wildman–Crippen MR) is 64.7 cm³/mol. The zero-order valence-corrected chi connectivity index (χ0v) is 11.0. The van der Waals surface area contributed by atoms with Crippen LogP contribution in [0.4, 0.5) is 0 Å². The summed E-state index contributed by atoms with van der Waals surface area (Å²) in [5.74, 6) is -1.16. The van der Waals surface area contributed by atoms with Crippen molar-refractivity contribution in [1.82, 2.24) is 14.8 Å². The van der Waals surface area contributed by atoms with Crippen LogP contribution >= 0.6 is 11.8 Å². The van der Waals surface area contributed by atoms with Crippen molar-refractivity contribution >= 4 is 28.5 Å². The van der Waals surface area contributed by atoms with Crippen molar-refractivity contribution < 1.29 is 14.1 Å². The lowest BCUT2D eigenvalue weighted by molar-refractivity contribution is -0.133. The molecule has 2 atom stereocenters. The molecule has 0 saturated carbocycles. The first-order chi connectivity index (χ1) is 7.91. The number of hydrogen-bond donors (Lipinski definition) is 2. The van der Waals surface area contributed by atoms with Crippen LogP contribution in [0.15, 0.2) is 9.95 Å². The van der Waals surface area contributed by atoms with Crippen LogP contribution in [0, 0.1) is 0 Å². The van der Waals surface area contributed by atoms with Crippen LogP contribution in [-0.2, 0) is 22.1 Å². The highest BCUT2D eigenvalue weighted by Gasteiger charge is 2.15. The van der Waals surface area contributed by atoms with E-state index in [0.717, 1.165) is 11.8 Å². The summed E-state index contributed by atoms with van der Waals surface area (Å²) >= 11 is 0.952. The van der Waals surface area contributed by atoms with E-state index in [1.54, 1.807) is 13.2 Å². The summed E-state index contributed by atoms with van der Waals surface area (Å²) in [5.41, 5.74) is -0.421. The second kappa shape index (κ2) is 6.01. The summed E-state index contributed by atoms with van der Waals surface area (Å²) < 4.78 is 12.5. The van der Waals surface area contributed by atoms with Gasteiger partial charge in [0.1, 0.15) is 0 Å². The lowest BCUT2D eigenvalue weighted by Crippen LogP contribution is -2.26. The molecule has 0 spiro atoms. The smallest absolute Gasteiger partial charge is 0.344 e. The average Bonchev–Trinajstić information content (AvgIpc) is 2.57. The summed E-state index contributed by atoms with van der Waals surface area (Å²) in [6.07, 6.45) is 1.56. The Morgan fingerprint density at radius 2 is 2.35 bits per heavy atom. The lowest BCUT2D eigenvalue weighted by atomic mass is 10.5. The fourth-order valence-electron chi connectivity index (χ4n) is 1.06. The zero-order valence-electron chi connectivity index (χ0n) is 9.37. The number of nitrogens with zero attached hydrogens (tertiary/aromatic N) is 2. The Morgan fingerprint density at radius 1 is 1.71 bits per heavy atom. The van der Waals surface area contributed by atoms with Gasteiger partial charge in [-0.2, -0.15) is 0 Å². The highest BCUT2D eigenvalue weighted by Crippen LogP contribution is 2.13. The first-order valence-corrected chi connectivity index (χ1v) is 7.34. The molecule has 1 rings (SSSR count). The lowest BCUT2D eigenvalue weighted by Gasteiger charge is -2.09. The highest BCUT2D eigenvalue weighted by atomic mass is 32.2. The third-order valence-corrected chi connectivity index (χ3v) is 4.30. The van der Waals surface area contributed by atoms with Gasteiger partial charge in [-0.1, -0.05) is 11.8 Å². The molecule has 0 aromatic carbocycles. The number of carbonyl (C=O) groups is 1. The average molecular weight is 279 g/mol. The number of nitrogens with one attached hydrogen (secondary N) is 1. The minimum atomic E-state index is -1.05. The molecule has 96 valence electrons. The van der Waals surface area contributed by atoms with E-state index in [4.69, 9.17) is 5.11 Å². The van der Waals surface area contributed by atoms with E-state index < -0.39 is 22.5 Å². The van der Waals surface area contributed by atoms with Crippen molar-refractivity contribution in [2.24, 2.45) is 0 Å². The van der Waals surface area contributed by atoms with Gasteiger partial charge in [0.2, 0.25) is 0 Å². The Balaban J connectivity index is 2.83. The van der Waals surface area contributed by atoms with Crippen LogP contribution in [0.5, 0.6) is 0 Å². The van der Waals surface area contributed by atoms with Gasteiger partial charge in [0, 0.05) is 28.9 Å². The number of carboxylic acid groups (broad SMARTS) is 1. The Morgan fingerprint density at radius 3 is 2.88 bits per heavy atom. The van der Waals surface area contributed by atoms with Gasteiger partial charge in [0.15, 0.2) is 5.16 Å². The molecule has 0 aliphatic heterocycles. The number of H-pyrrole nitrogens is 1. The number of carboxylic acids is 1. The van der Waals surface area contributed by atoms with E-state index in [9.17, 15) is 13.8 Å². The van der Waals surface area contributed by atoms with E-state index in [2.05, 4.69) is 10.2 Å². The van der Waals surface area contributed by atoms with Crippen molar-refractivity contribution in [3.05, 3.63) is 10.5 Å². The van der Waals surface area contributed by atoms with E-state index in [0.29, 0.717) is 5.16 Å². The van der Waals surface area contributed by atoms with Gasteiger partial charge in [0.05, 0.1) is 5.75 Å². The molecule has 2 unspecified atom stereocenters. The first-order valence-electron chi connectivity index (χ1n) is 4.74. The molecule has 9 heteroatoms. The molecule has 0 fully saturated rings. The summed E-state index contributed by atoms with van der Waals surface area (Å²) in [5, 5.41) is 14.6. The standard InChI is InChI=1S/C8H13N3O4S2/c1-5(17(2)15)3-11-7(14)9-10-8(11)16-4-6(12)13/h5H,3-4H2,1-2H3,(H,9,14)(H,12,13). The molecule has 0 aliphatic rings. The minimum Gasteiger partial charge on any atom is -0.481 e. The number of hydrogen-bond acceptors (Lipinski definition) is 5. The van der Waals surface area contributed by atoms with Crippen LogP contribution in [0.2, 0.25) is 0 Å². The van der Waals surface area contributed by atoms with Gasteiger partial charge in [0.25, 0.3) is 0 Å². The molecule has 1 heterocycles. The quantitative estimate of drug-likeness (QED) is 0.681. The molecule has 17 heavy (non-hydrogen) atoms. The number of aromatic amines is 1. The topological polar surface area (TPSA) is 105 Å². The normalized spacial score (nSPS) is 14.5. The fraction of sp³-hybridized carbons (Fsp3) is 0.625. The summed E-state index contributed by atoms with van der Waals surface area (Å²) in [7, 11) is -1.05. The number of rotatable bonds is 6. The monoisotopic (exact) mass is 279 g/mol. The van der Waals surface area contributed by atoms with E-state index >= 15 is 0 Å². The van der Waals surface area contributed by atoms with Crippen LogP contribution in [0.25, 0.3) is 0 Å². The molecular weight excluding hydrogens is 266 g/mol. The third-order valence-electron chi connectivity index (χ3n) is 2.05. The van der Waals surface area contributed by atoms with Crippen LogP contribution in [0.1, 0.15) is 6.92 Å². The molecule has 0 bridgehead atoms. The third kappa shape index (κ3) is 4.00. The van der Waals surface area contributed by atoms with Crippen molar-refractivity contribution in [2.75, 3.05) is 12.0 Å². The van der Waals surface area contributed by atoms with Gasteiger partial charge < -0.3 is 5.11 Å². The molecule has 7 nitrogen and oxygen atoms in total. The first kappa shape index (κ1) is 14.0. The Bertz CT molecular complexity index is 481. The van der Waals surface area contributed by atoms with Crippen LogP contribution in [-0.4, -0.2) is 47.3 Å². The van der Waals surface area contributed by atoms with Gasteiger partial charge in [-0.25, -0.2) is 9.89 Å². The summed E-state index contributed by atoms with van der Waals surface area (Å²) in [6.45, 7) is 2.00. The second-order valence-corrected chi connectivity index (χ2v) is 6.16. The largest absolute Gasteiger partial charge is 0.481 e. The molecule has 1 aromatic rings. The van der Waals surface area contributed by atoms with Gasteiger partial charge >= 0.3 is 11.7 Å². The van der Waals surface area contributed by atoms with E-state index in [1.165, 1.54) is 4.57 Å². The van der Waals surface area contributed by atoms with E-state index in [-0.39, 0.29) is 17.5 Å². The number of aromatic nitrogens is 3. The summed E-state index contributed by atoms with van der Waals surface area (Å²) in [4.78, 5) is 21.9. The molecule has 0 radical (unpaired) electrons. The number of aliphatic carboxylic acids is 1. The maximum Gasteiger partial charge on any atom is 0.344 e. The van der Waals surface area contributed by atoms with Crippen molar-refractivity contribution in [1.29, 1.82) is 0 Å².